The lowest BCUT2D eigenvalue weighted by Crippen LogP contribution is -2.71. The number of rotatable bonds is 2. The minimum absolute atomic E-state index is 0.0488. The van der Waals surface area contributed by atoms with E-state index in [1.54, 1.807) is 0 Å². The summed E-state index contributed by atoms with van der Waals surface area (Å²) in [5.74, 6) is 0.227. The molecule has 1 N–H and O–H groups in total. The van der Waals surface area contributed by atoms with Crippen LogP contribution in [0.25, 0.3) is 0 Å². The molecule has 0 saturated carbocycles. The molecule has 0 aromatic heterocycles. The lowest BCUT2D eigenvalue weighted by Gasteiger charge is -2.54. The summed E-state index contributed by atoms with van der Waals surface area (Å²) >= 11 is 0. The number of amides is 1. The Balaban J connectivity index is 3.05. The molecular weight excluding hydrogens is 214 g/mol. The maximum absolute atomic E-state index is 12.6. The van der Waals surface area contributed by atoms with Crippen molar-refractivity contribution < 1.29 is 4.79 Å². The van der Waals surface area contributed by atoms with E-state index in [1.807, 2.05) is 19.0 Å². The fourth-order valence-electron chi connectivity index (χ4n) is 3.10. The number of carbonyl (C=O) groups excluding carboxylic acids is 1. The second kappa shape index (κ2) is 4.58. The summed E-state index contributed by atoms with van der Waals surface area (Å²) < 4.78 is 0. The number of hydrogen-bond acceptors (Lipinski definition) is 3. The molecule has 100 valence electrons. The molecule has 4 nitrogen and oxygen atoms in total. The third-order valence-corrected chi connectivity index (χ3v) is 3.35. The van der Waals surface area contributed by atoms with Crippen LogP contribution in [0.15, 0.2) is 0 Å². The van der Waals surface area contributed by atoms with Crippen molar-refractivity contribution in [2.24, 2.45) is 0 Å². The fourth-order valence-corrected chi connectivity index (χ4v) is 3.10. The Labute approximate surface area is 105 Å². The topological polar surface area (TPSA) is 35.6 Å². The summed E-state index contributed by atoms with van der Waals surface area (Å²) in [4.78, 5) is 16.8. The number of likely N-dealkylation sites (N-methyl/N-ethyl adjacent to an activating group) is 2. The van der Waals surface area contributed by atoms with Gasteiger partial charge in [0.05, 0.1) is 5.54 Å². The van der Waals surface area contributed by atoms with Gasteiger partial charge in [-0.15, -0.1) is 0 Å². The smallest absolute Gasteiger partial charge is 0.242 e. The van der Waals surface area contributed by atoms with Crippen molar-refractivity contribution in [3.63, 3.8) is 0 Å². The van der Waals surface area contributed by atoms with Crippen LogP contribution in [0.5, 0.6) is 0 Å². The van der Waals surface area contributed by atoms with Crippen molar-refractivity contribution in [3.8, 4) is 0 Å². The Kier molecular flexibility index (Phi) is 3.89. The van der Waals surface area contributed by atoms with E-state index >= 15 is 0 Å². The van der Waals surface area contributed by atoms with Crippen LogP contribution in [0, 0.1) is 0 Å². The first-order chi connectivity index (χ1) is 7.61. The largest absolute Gasteiger partial charge is 0.330 e. The Hall–Kier alpha value is -0.610. The molecule has 1 rings (SSSR count). The van der Waals surface area contributed by atoms with Gasteiger partial charge in [0.25, 0.3) is 0 Å². The molecule has 0 aromatic carbocycles. The Morgan fingerprint density at radius 1 is 1.41 bits per heavy atom. The van der Waals surface area contributed by atoms with Crippen LogP contribution in [-0.4, -0.2) is 60.0 Å². The molecule has 1 heterocycles. The zero-order valence-corrected chi connectivity index (χ0v) is 12.3. The molecule has 1 atom stereocenters. The maximum Gasteiger partial charge on any atom is 0.242 e. The third-order valence-electron chi connectivity index (χ3n) is 3.35. The molecule has 1 unspecified atom stereocenters. The first-order valence-electron chi connectivity index (χ1n) is 6.30. The van der Waals surface area contributed by atoms with Gasteiger partial charge in [-0.05, 0) is 48.7 Å². The van der Waals surface area contributed by atoms with Crippen LogP contribution >= 0.6 is 0 Å². The van der Waals surface area contributed by atoms with Crippen LogP contribution in [0.1, 0.15) is 34.6 Å². The fraction of sp³-hybridized carbons (Fsp3) is 0.923. The minimum Gasteiger partial charge on any atom is -0.330 e. The van der Waals surface area contributed by atoms with E-state index in [-0.39, 0.29) is 23.0 Å². The van der Waals surface area contributed by atoms with E-state index < -0.39 is 0 Å². The van der Waals surface area contributed by atoms with Crippen LogP contribution in [0.2, 0.25) is 0 Å². The van der Waals surface area contributed by atoms with Crippen LogP contribution in [-0.2, 0) is 4.79 Å². The van der Waals surface area contributed by atoms with Gasteiger partial charge in [-0.2, -0.15) is 0 Å². The summed E-state index contributed by atoms with van der Waals surface area (Å²) in [5.41, 5.74) is -0.248. The monoisotopic (exact) mass is 241 g/mol. The number of nitrogens with one attached hydrogen (secondary N) is 1. The van der Waals surface area contributed by atoms with E-state index in [0.717, 1.165) is 6.54 Å². The number of nitrogens with zero attached hydrogens (tertiary/aromatic N) is 2. The van der Waals surface area contributed by atoms with Crippen LogP contribution in [0.4, 0.5) is 0 Å². The first-order valence-corrected chi connectivity index (χ1v) is 6.30. The summed E-state index contributed by atoms with van der Waals surface area (Å²) in [6, 6.07) is -0.0488. The molecule has 1 amide bonds. The van der Waals surface area contributed by atoms with Gasteiger partial charge in [0.1, 0.15) is 6.04 Å². The molecular formula is C13H27N3O. The van der Waals surface area contributed by atoms with Gasteiger partial charge in [-0.3, -0.25) is 9.69 Å². The molecule has 0 aromatic rings. The average Bonchev–Trinajstić information content (AvgIpc) is 2.07. The third kappa shape index (κ3) is 2.80. The molecule has 1 saturated heterocycles. The van der Waals surface area contributed by atoms with Gasteiger partial charge in [-0.25, -0.2) is 0 Å². The lowest BCUT2D eigenvalue weighted by molar-refractivity contribution is -0.159. The predicted octanol–water partition coefficient (Wildman–Crippen LogP) is 0.926. The van der Waals surface area contributed by atoms with Gasteiger partial charge < -0.3 is 10.2 Å². The zero-order chi connectivity index (χ0) is 13.4. The van der Waals surface area contributed by atoms with E-state index in [4.69, 9.17) is 0 Å². The molecule has 0 bridgehead atoms. The number of hydrogen-bond donors (Lipinski definition) is 1. The van der Waals surface area contributed by atoms with Crippen molar-refractivity contribution in [1.82, 2.24) is 15.1 Å². The van der Waals surface area contributed by atoms with Crippen molar-refractivity contribution in [2.45, 2.75) is 51.7 Å². The summed E-state index contributed by atoms with van der Waals surface area (Å²) in [5, 5.41) is 3.11. The molecule has 17 heavy (non-hydrogen) atoms. The first kappa shape index (κ1) is 14.5. The minimum atomic E-state index is -0.131. The van der Waals surface area contributed by atoms with E-state index in [0.29, 0.717) is 6.54 Å². The molecule has 1 aliphatic rings. The second-order valence-electron chi connectivity index (χ2n) is 6.65. The van der Waals surface area contributed by atoms with Gasteiger partial charge >= 0.3 is 0 Å². The van der Waals surface area contributed by atoms with Gasteiger partial charge in [0.15, 0.2) is 0 Å². The van der Waals surface area contributed by atoms with E-state index in [2.05, 4.69) is 44.8 Å². The predicted molar refractivity (Wildman–Crippen MR) is 71.0 cm³/mol. The van der Waals surface area contributed by atoms with Crippen molar-refractivity contribution in [3.05, 3.63) is 0 Å². The van der Waals surface area contributed by atoms with Crippen molar-refractivity contribution >= 4 is 5.91 Å². The highest BCUT2D eigenvalue weighted by Crippen LogP contribution is 2.31. The zero-order valence-electron chi connectivity index (χ0n) is 12.3. The summed E-state index contributed by atoms with van der Waals surface area (Å²) in [7, 11) is 3.92. The van der Waals surface area contributed by atoms with E-state index in [1.165, 1.54) is 0 Å². The normalized spacial score (nSPS) is 26.4. The van der Waals surface area contributed by atoms with Crippen LogP contribution < -0.4 is 5.32 Å². The molecule has 0 radical (unpaired) electrons. The number of carbonyl (C=O) groups is 1. The Morgan fingerprint density at radius 2 is 1.94 bits per heavy atom. The SMILES string of the molecule is CNCC1C(=O)N(C(C)(C)C)C(C)(C)CN1C. The molecule has 0 aliphatic carbocycles. The highest BCUT2D eigenvalue weighted by molar-refractivity contribution is 5.84. The van der Waals surface area contributed by atoms with Crippen molar-refractivity contribution in [1.29, 1.82) is 0 Å². The highest BCUT2D eigenvalue weighted by Gasteiger charge is 2.47. The lowest BCUT2D eigenvalue weighted by atomic mass is 9.89. The second-order valence-corrected chi connectivity index (χ2v) is 6.65. The molecule has 4 heteroatoms. The van der Waals surface area contributed by atoms with Crippen molar-refractivity contribution in [2.75, 3.05) is 27.2 Å². The average molecular weight is 241 g/mol. The van der Waals surface area contributed by atoms with Gasteiger partial charge in [-0.1, -0.05) is 0 Å². The van der Waals surface area contributed by atoms with Crippen LogP contribution in [0.3, 0.4) is 0 Å². The molecule has 0 spiro atoms. The van der Waals surface area contributed by atoms with E-state index in [9.17, 15) is 4.79 Å². The highest BCUT2D eigenvalue weighted by atomic mass is 16.2. The number of piperazine rings is 1. The molecule has 1 fully saturated rings. The Morgan fingerprint density at radius 3 is 2.35 bits per heavy atom. The molecule has 1 aliphatic heterocycles. The summed E-state index contributed by atoms with van der Waals surface area (Å²) in [6.45, 7) is 12.2. The Bertz CT molecular complexity index is 294. The van der Waals surface area contributed by atoms with Gasteiger partial charge in [0.2, 0.25) is 5.91 Å². The maximum atomic E-state index is 12.6. The quantitative estimate of drug-likeness (QED) is 0.781. The standard InChI is InChI=1S/C13H27N3O/c1-12(2,3)16-11(17)10(8-14-6)15(7)9-13(16,4)5/h10,14H,8-9H2,1-7H3. The summed E-state index contributed by atoms with van der Waals surface area (Å²) in [6.07, 6.45) is 0. The van der Waals surface area contributed by atoms with Gasteiger partial charge in [0, 0.05) is 18.6 Å².